The molecule has 0 saturated carbocycles. The van der Waals surface area contributed by atoms with Gasteiger partial charge in [0.15, 0.2) is 0 Å². The highest BCUT2D eigenvalue weighted by molar-refractivity contribution is 8.93. The Bertz CT molecular complexity index is 188. The van der Waals surface area contributed by atoms with Crippen molar-refractivity contribution in [3.8, 4) is 0 Å². The van der Waals surface area contributed by atoms with Crippen LogP contribution < -0.4 is 5.73 Å². The van der Waals surface area contributed by atoms with E-state index in [0.29, 0.717) is 0 Å². The highest BCUT2D eigenvalue weighted by Crippen LogP contribution is 2.11. The molecular formula is C6H11BrN2S. The van der Waals surface area contributed by atoms with Crippen molar-refractivity contribution < 1.29 is 0 Å². The lowest BCUT2D eigenvalue weighted by Gasteiger charge is -1.90. The molecule has 4 heteroatoms. The molecule has 0 atom stereocenters. The Kier molecular flexibility index (Phi) is 4.85. The monoisotopic (exact) mass is 222 g/mol. The Balaban J connectivity index is 0.000000810. The molecule has 1 rings (SSSR count). The number of nitrogens with zero attached hydrogens (tertiary/aromatic N) is 1. The van der Waals surface area contributed by atoms with Crippen molar-refractivity contribution in [3.05, 3.63) is 16.1 Å². The maximum atomic E-state index is 5.37. The maximum Gasteiger partial charge on any atom is 0.0797 e. The van der Waals surface area contributed by atoms with Gasteiger partial charge in [-0.3, -0.25) is 0 Å². The number of aromatic nitrogens is 1. The molecule has 0 unspecified atom stereocenters. The normalized spacial score (nSPS) is 9.00. The molecule has 0 amide bonds. The van der Waals surface area contributed by atoms with Crippen molar-refractivity contribution in [1.29, 1.82) is 0 Å². The standard InChI is InChI=1S/C6H10N2S.BrH/c1-5-6(2-3-7)9-4-8-5;/h4H,2-3,7H2,1H3;1H. The second-order valence-corrected chi connectivity index (χ2v) is 2.84. The second-order valence-electron chi connectivity index (χ2n) is 1.90. The lowest BCUT2D eigenvalue weighted by atomic mass is 10.3. The first kappa shape index (κ1) is 10.1. The summed E-state index contributed by atoms with van der Waals surface area (Å²) in [4.78, 5) is 5.42. The van der Waals surface area contributed by atoms with E-state index in [1.165, 1.54) is 4.88 Å². The van der Waals surface area contributed by atoms with Crippen LogP contribution in [0.25, 0.3) is 0 Å². The van der Waals surface area contributed by atoms with Crippen LogP contribution in [0.2, 0.25) is 0 Å². The van der Waals surface area contributed by atoms with Crippen molar-refractivity contribution in [3.63, 3.8) is 0 Å². The van der Waals surface area contributed by atoms with Crippen LogP contribution in [0, 0.1) is 6.92 Å². The van der Waals surface area contributed by atoms with Gasteiger partial charge in [-0.05, 0) is 19.9 Å². The first-order valence-corrected chi connectivity index (χ1v) is 3.81. The van der Waals surface area contributed by atoms with Crippen LogP contribution in [-0.4, -0.2) is 11.5 Å². The van der Waals surface area contributed by atoms with E-state index in [1.54, 1.807) is 11.3 Å². The second kappa shape index (κ2) is 4.82. The summed E-state index contributed by atoms with van der Waals surface area (Å²) in [5.41, 5.74) is 8.36. The van der Waals surface area contributed by atoms with Gasteiger partial charge in [-0.15, -0.1) is 28.3 Å². The smallest absolute Gasteiger partial charge is 0.0797 e. The predicted molar refractivity (Wildman–Crippen MR) is 49.9 cm³/mol. The zero-order chi connectivity index (χ0) is 6.69. The summed E-state index contributed by atoms with van der Waals surface area (Å²) in [6.07, 6.45) is 0.969. The van der Waals surface area contributed by atoms with Gasteiger partial charge in [-0.1, -0.05) is 0 Å². The Labute approximate surface area is 75.2 Å². The van der Waals surface area contributed by atoms with Gasteiger partial charge in [0.1, 0.15) is 0 Å². The molecule has 0 spiro atoms. The number of hydrogen-bond donors (Lipinski definition) is 1. The molecule has 1 aromatic rings. The number of nitrogens with two attached hydrogens (primary N) is 1. The molecule has 1 aromatic heterocycles. The van der Waals surface area contributed by atoms with Crippen molar-refractivity contribution >= 4 is 28.3 Å². The third-order valence-corrected chi connectivity index (χ3v) is 2.21. The fourth-order valence-corrected chi connectivity index (χ4v) is 1.49. The van der Waals surface area contributed by atoms with Gasteiger partial charge in [0.2, 0.25) is 0 Å². The Morgan fingerprint density at radius 3 is 2.80 bits per heavy atom. The van der Waals surface area contributed by atoms with Crippen LogP contribution >= 0.6 is 28.3 Å². The summed E-state index contributed by atoms with van der Waals surface area (Å²) in [6, 6.07) is 0. The summed E-state index contributed by atoms with van der Waals surface area (Å²) >= 11 is 1.68. The number of hydrogen-bond acceptors (Lipinski definition) is 3. The molecule has 0 saturated heterocycles. The van der Waals surface area contributed by atoms with Crippen molar-refractivity contribution in [2.45, 2.75) is 13.3 Å². The van der Waals surface area contributed by atoms with Crippen molar-refractivity contribution in [2.75, 3.05) is 6.54 Å². The van der Waals surface area contributed by atoms with E-state index in [2.05, 4.69) is 4.98 Å². The van der Waals surface area contributed by atoms with E-state index in [0.717, 1.165) is 18.7 Å². The number of thiazole rings is 1. The van der Waals surface area contributed by atoms with E-state index in [4.69, 9.17) is 5.73 Å². The van der Waals surface area contributed by atoms with Crippen LogP contribution in [0.3, 0.4) is 0 Å². The topological polar surface area (TPSA) is 38.9 Å². The third kappa shape index (κ3) is 2.36. The first-order chi connectivity index (χ1) is 4.34. The molecule has 58 valence electrons. The van der Waals surface area contributed by atoms with Crippen LogP contribution in [-0.2, 0) is 6.42 Å². The fraction of sp³-hybridized carbons (Fsp3) is 0.500. The van der Waals surface area contributed by atoms with Gasteiger partial charge < -0.3 is 5.73 Å². The highest BCUT2D eigenvalue weighted by atomic mass is 79.9. The van der Waals surface area contributed by atoms with Gasteiger partial charge in [0, 0.05) is 4.88 Å². The Hall–Kier alpha value is 0.0700. The summed E-state index contributed by atoms with van der Waals surface area (Å²) in [7, 11) is 0. The van der Waals surface area contributed by atoms with E-state index in [9.17, 15) is 0 Å². The molecule has 0 bridgehead atoms. The van der Waals surface area contributed by atoms with Crippen molar-refractivity contribution in [2.24, 2.45) is 5.73 Å². The average molecular weight is 223 g/mol. The van der Waals surface area contributed by atoms with E-state index in [-0.39, 0.29) is 17.0 Å². The van der Waals surface area contributed by atoms with Crippen molar-refractivity contribution in [1.82, 2.24) is 4.98 Å². The minimum Gasteiger partial charge on any atom is -0.330 e. The highest BCUT2D eigenvalue weighted by Gasteiger charge is 1.97. The molecule has 0 fully saturated rings. The molecule has 1 heterocycles. The van der Waals surface area contributed by atoms with Crippen LogP contribution in [0.1, 0.15) is 10.6 Å². The van der Waals surface area contributed by atoms with Gasteiger partial charge in [-0.2, -0.15) is 0 Å². The zero-order valence-corrected chi connectivity index (χ0v) is 8.36. The number of rotatable bonds is 2. The van der Waals surface area contributed by atoms with Gasteiger partial charge in [-0.25, -0.2) is 4.98 Å². The predicted octanol–water partition coefficient (Wildman–Crippen LogP) is 1.53. The van der Waals surface area contributed by atoms with Crippen LogP contribution in [0.5, 0.6) is 0 Å². The first-order valence-electron chi connectivity index (χ1n) is 2.93. The van der Waals surface area contributed by atoms with E-state index < -0.39 is 0 Å². The lowest BCUT2D eigenvalue weighted by molar-refractivity contribution is 0.970. The molecule has 0 radical (unpaired) electrons. The molecule has 0 aliphatic carbocycles. The summed E-state index contributed by atoms with van der Waals surface area (Å²) in [6.45, 7) is 2.74. The number of halogens is 1. The van der Waals surface area contributed by atoms with Gasteiger partial charge in [0.05, 0.1) is 11.2 Å². The molecule has 0 aliphatic rings. The molecule has 2 nitrogen and oxygen atoms in total. The molecule has 0 aromatic carbocycles. The fourth-order valence-electron chi connectivity index (χ4n) is 0.697. The van der Waals surface area contributed by atoms with Crippen LogP contribution in [0.4, 0.5) is 0 Å². The molecule has 2 N–H and O–H groups in total. The van der Waals surface area contributed by atoms with Gasteiger partial charge in [0.25, 0.3) is 0 Å². The zero-order valence-electron chi connectivity index (χ0n) is 5.83. The maximum absolute atomic E-state index is 5.37. The third-order valence-electron chi connectivity index (χ3n) is 1.22. The average Bonchev–Trinajstić information content (AvgIpc) is 2.18. The lowest BCUT2D eigenvalue weighted by Crippen LogP contribution is -2.01. The Morgan fingerprint density at radius 1 is 1.70 bits per heavy atom. The minimum absolute atomic E-state index is 0. The molecular weight excluding hydrogens is 212 g/mol. The van der Waals surface area contributed by atoms with E-state index >= 15 is 0 Å². The molecule has 0 aliphatic heterocycles. The van der Waals surface area contributed by atoms with Gasteiger partial charge >= 0.3 is 0 Å². The summed E-state index contributed by atoms with van der Waals surface area (Å²) < 4.78 is 0. The van der Waals surface area contributed by atoms with Crippen LogP contribution in [0.15, 0.2) is 5.51 Å². The quantitative estimate of drug-likeness (QED) is 0.825. The SMILES string of the molecule is Br.Cc1ncsc1CCN. The largest absolute Gasteiger partial charge is 0.330 e. The molecule has 10 heavy (non-hydrogen) atoms. The van der Waals surface area contributed by atoms with E-state index in [1.807, 2.05) is 12.4 Å². The summed E-state index contributed by atoms with van der Waals surface area (Å²) in [5.74, 6) is 0. The summed E-state index contributed by atoms with van der Waals surface area (Å²) in [5, 5.41) is 0. The Morgan fingerprint density at radius 2 is 2.40 bits per heavy atom. The minimum atomic E-state index is 0. The number of aryl methyl sites for hydroxylation is 1.